The molecule has 1 N–H and O–H groups in total. The van der Waals surface area contributed by atoms with Crippen LogP contribution in [0.15, 0.2) is 0 Å². The predicted octanol–water partition coefficient (Wildman–Crippen LogP) is 1.07. The number of hydrogen-bond acceptors (Lipinski definition) is 1. The van der Waals surface area contributed by atoms with Gasteiger partial charge < -0.3 is 5.32 Å². The summed E-state index contributed by atoms with van der Waals surface area (Å²) in [6, 6.07) is 0. The summed E-state index contributed by atoms with van der Waals surface area (Å²) in [5.74, 6) is 1.01. The molecular weight excluding hydrogens is 126 g/mol. The number of hydrogen-bond donors (Lipinski definition) is 1. The first-order chi connectivity index (χ1) is 4.71. The third-order valence-corrected chi connectivity index (χ3v) is 2.96. The quantitative estimate of drug-likeness (QED) is 0.541. The molecule has 0 bridgehead atoms. The lowest BCUT2D eigenvalue weighted by atomic mass is 9.67. The Morgan fingerprint density at radius 2 is 2.20 bits per heavy atom. The van der Waals surface area contributed by atoms with Crippen LogP contribution in [0.4, 0.5) is 0 Å². The first-order valence-corrected chi connectivity index (χ1v) is 4.02. The van der Waals surface area contributed by atoms with Gasteiger partial charge in [0.15, 0.2) is 0 Å². The predicted molar refractivity (Wildman–Crippen MR) is 38.5 cm³/mol. The molecule has 2 heteroatoms. The molecule has 2 rings (SSSR count). The lowest BCUT2D eigenvalue weighted by molar-refractivity contribution is -0.135. The molecule has 0 aromatic carbocycles. The van der Waals surface area contributed by atoms with Crippen molar-refractivity contribution in [1.82, 2.24) is 5.32 Å². The van der Waals surface area contributed by atoms with E-state index in [2.05, 4.69) is 12.2 Å². The number of rotatable bonds is 1. The molecule has 0 aromatic heterocycles. The molecule has 1 aliphatic heterocycles. The zero-order valence-electron chi connectivity index (χ0n) is 6.31. The Hall–Kier alpha value is -0.530. The van der Waals surface area contributed by atoms with Crippen LogP contribution in [0.2, 0.25) is 0 Å². The van der Waals surface area contributed by atoms with E-state index in [1.807, 2.05) is 0 Å². The van der Waals surface area contributed by atoms with E-state index in [1.165, 1.54) is 19.3 Å². The summed E-state index contributed by atoms with van der Waals surface area (Å²) in [5, 5.41) is 2.98. The minimum absolute atomic E-state index is 0.190. The summed E-state index contributed by atoms with van der Waals surface area (Å²) in [5.41, 5.74) is 0.190. The summed E-state index contributed by atoms with van der Waals surface area (Å²) >= 11 is 0. The molecule has 1 saturated heterocycles. The highest BCUT2D eigenvalue weighted by atomic mass is 16.2. The molecule has 1 unspecified atom stereocenters. The van der Waals surface area contributed by atoms with E-state index >= 15 is 0 Å². The highest BCUT2D eigenvalue weighted by Crippen LogP contribution is 2.41. The van der Waals surface area contributed by atoms with E-state index in [0.717, 1.165) is 12.3 Å². The van der Waals surface area contributed by atoms with E-state index in [1.54, 1.807) is 0 Å². The maximum Gasteiger partial charge on any atom is 0.222 e. The van der Waals surface area contributed by atoms with Crippen molar-refractivity contribution in [3.8, 4) is 0 Å². The topological polar surface area (TPSA) is 29.1 Å². The van der Waals surface area contributed by atoms with Gasteiger partial charge in [-0.15, -0.1) is 0 Å². The molecule has 0 radical (unpaired) electrons. The van der Waals surface area contributed by atoms with Gasteiger partial charge in [0.05, 0.1) is 0 Å². The SMILES string of the molecule is CC1(C2CCC2)CC(=O)N1. The second-order valence-electron chi connectivity index (χ2n) is 3.77. The van der Waals surface area contributed by atoms with Crippen LogP contribution in [0.1, 0.15) is 32.6 Å². The molecule has 1 aliphatic carbocycles. The Morgan fingerprint density at radius 3 is 2.50 bits per heavy atom. The monoisotopic (exact) mass is 139 g/mol. The van der Waals surface area contributed by atoms with E-state index in [-0.39, 0.29) is 11.4 Å². The van der Waals surface area contributed by atoms with Crippen molar-refractivity contribution in [2.75, 3.05) is 0 Å². The number of nitrogens with one attached hydrogen (secondary N) is 1. The average Bonchev–Trinajstić information content (AvgIpc) is 1.54. The molecule has 2 nitrogen and oxygen atoms in total. The van der Waals surface area contributed by atoms with E-state index in [0.29, 0.717) is 0 Å². The lowest BCUT2D eigenvalue weighted by Crippen LogP contribution is -2.64. The third kappa shape index (κ3) is 0.678. The molecule has 1 saturated carbocycles. The number of carbonyl (C=O) groups excluding carboxylic acids is 1. The molecule has 56 valence electrons. The van der Waals surface area contributed by atoms with Crippen LogP contribution in [0.3, 0.4) is 0 Å². The normalized spacial score (nSPS) is 39.9. The van der Waals surface area contributed by atoms with Gasteiger partial charge in [0.2, 0.25) is 5.91 Å². The van der Waals surface area contributed by atoms with Crippen LogP contribution in [-0.4, -0.2) is 11.4 Å². The van der Waals surface area contributed by atoms with Crippen LogP contribution < -0.4 is 5.32 Å². The van der Waals surface area contributed by atoms with Gasteiger partial charge in [0.25, 0.3) is 0 Å². The maximum atomic E-state index is 10.6. The fourth-order valence-corrected chi connectivity index (χ4v) is 1.93. The van der Waals surface area contributed by atoms with Crippen LogP contribution in [0.25, 0.3) is 0 Å². The van der Waals surface area contributed by atoms with Gasteiger partial charge in [-0.2, -0.15) is 0 Å². The second kappa shape index (κ2) is 1.74. The van der Waals surface area contributed by atoms with E-state index in [9.17, 15) is 4.79 Å². The van der Waals surface area contributed by atoms with Gasteiger partial charge in [-0.05, 0) is 25.7 Å². The molecule has 2 aliphatic rings. The van der Waals surface area contributed by atoms with Crippen molar-refractivity contribution >= 4 is 5.91 Å². The zero-order chi connectivity index (χ0) is 7.19. The number of carbonyl (C=O) groups is 1. The second-order valence-corrected chi connectivity index (χ2v) is 3.77. The number of amides is 1. The molecule has 1 amide bonds. The van der Waals surface area contributed by atoms with Crippen molar-refractivity contribution < 1.29 is 4.79 Å². The molecule has 0 spiro atoms. The van der Waals surface area contributed by atoms with Crippen molar-refractivity contribution in [3.05, 3.63) is 0 Å². The average molecular weight is 139 g/mol. The Balaban J connectivity index is 1.96. The van der Waals surface area contributed by atoms with Crippen LogP contribution in [0.5, 0.6) is 0 Å². The molecule has 1 heterocycles. The Kier molecular flexibility index (Phi) is 1.08. The first kappa shape index (κ1) is 6.20. The van der Waals surface area contributed by atoms with Crippen LogP contribution in [0, 0.1) is 5.92 Å². The van der Waals surface area contributed by atoms with Crippen molar-refractivity contribution in [2.45, 2.75) is 38.1 Å². The zero-order valence-corrected chi connectivity index (χ0v) is 6.31. The summed E-state index contributed by atoms with van der Waals surface area (Å²) in [6.07, 6.45) is 4.75. The van der Waals surface area contributed by atoms with E-state index < -0.39 is 0 Å². The largest absolute Gasteiger partial charge is 0.350 e. The molecule has 10 heavy (non-hydrogen) atoms. The highest BCUT2D eigenvalue weighted by molar-refractivity contribution is 5.84. The Morgan fingerprint density at radius 1 is 1.60 bits per heavy atom. The van der Waals surface area contributed by atoms with Gasteiger partial charge in [-0.1, -0.05) is 6.42 Å². The number of β-lactam (4-membered cyclic amide) rings is 1. The summed E-state index contributed by atoms with van der Waals surface area (Å²) < 4.78 is 0. The standard InChI is InChI=1S/C8H13NO/c1-8(5-7(10)9-8)6-3-2-4-6/h6H,2-5H2,1H3,(H,9,10). The third-order valence-electron chi connectivity index (χ3n) is 2.96. The Labute approximate surface area is 61.0 Å². The fourth-order valence-electron chi connectivity index (χ4n) is 1.93. The minimum atomic E-state index is 0.190. The van der Waals surface area contributed by atoms with Crippen molar-refractivity contribution in [1.29, 1.82) is 0 Å². The van der Waals surface area contributed by atoms with Gasteiger partial charge in [0, 0.05) is 12.0 Å². The Bertz CT molecular complexity index is 164. The maximum absolute atomic E-state index is 10.6. The summed E-state index contributed by atoms with van der Waals surface area (Å²) in [6.45, 7) is 2.16. The summed E-state index contributed by atoms with van der Waals surface area (Å²) in [4.78, 5) is 10.6. The van der Waals surface area contributed by atoms with Gasteiger partial charge >= 0.3 is 0 Å². The van der Waals surface area contributed by atoms with Crippen molar-refractivity contribution in [3.63, 3.8) is 0 Å². The first-order valence-electron chi connectivity index (χ1n) is 4.02. The van der Waals surface area contributed by atoms with Crippen LogP contribution >= 0.6 is 0 Å². The lowest BCUT2D eigenvalue weighted by Gasteiger charge is -2.49. The highest BCUT2D eigenvalue weighted by Gasteiger charge is 2.46. The molecule has 2 fully saturated rings. The smallest absolute Gasteiger partial charge is 0.222 e. The minimum Gasteiger partial charge on any atom is -0.350 e. The fraction of sp³-hybridized carbons (Fsp3) is 0.875. The van der Waals surface area contributed by atoms with Gasteiger partial charge in [-0.3, -0.25) is 4.79 Å². The van der Waals surface area contributed by atoms with Gasteiger partial charge in [0.1, 0.15) is 0 Å². The molecule has 0 aromatic rings. The van der Waals surface area contributed by atoms with E-state index in [4.69, 9.17) is 0 Å². The van der Waals surface area contributed by atoms with Crippen molar-refractivity contribution in [2.24, 2.45) is 5.92 Å². The molecular formula is C8H13NO. The van der Waals surface area contributed by atoms with Gasteiger partial charge in [-0.25, -0.2) is 0 Å². The summed E-state index contributed by atoms with van der Waals surface area (Å²) in [7, 11) is 0. The molecule has 1 atom stereocenters. The van der Waals surface area contributed by atoms with Crippen LogP contribution in [-0.2, 0) is 4.79 Å².